The van der Waals surface area contributed by atoms with E-state index in [0.29, 0.717) is 62.6 Å². The Morgan fingerprint density at radius 2 is 1.74 bits per heavy atom. The summed E-state index contributed by atoms with van der Waals surface area (Å²) >= 11 is 0. The van der Waals surface area contributed by atoms with Crippen molar-refractivity contribution in [2.24, 2.45) is 22.9 Å². The molecule has 2 amide bonds. The molecule has 0 aromatic heterocycles. The van der Waals surface area contributed by atoms with Crippen LogP contribution in [0.15, 0.2) is 102 Å². The van der Waals surface area contributed by atoms with E-state index in [0.717, 1.165) is 53.7 Å². The topological polar surface area (TPSA) is 148 Å². The van der Waals surface area contributed by atoms with Crippen molar-refractivity contribution in [3.63, 3.8) is 0 Å². The largest absolute Gasteiger partial charge is 0.497 e. The van der Waals surface area contributed by atoms with E-state index >= 15 is 0 Å². The molecule has 328 valence electrons. The van der Waals surface area contributed by atoms with E-state index in [1.807, 2.05) is 78.6 Å². The third-order valence-electron chi connectivity index (χ3n) is 12.1. The minimum absolute atomic E-state index is 0.0229. The maximum absolute atomic E-state index is 14.8. The summed E-state index contributed by atoms with van der Waals surface area (Å²) in [4.78, 5) is 35.8. The number of rotatable bonds is 22. The summed E-state index contributed by atoms with van der Waals surface area (Å²) in [7, 11) is 1.61. The highest BCUT2D eigenvalue weighted by molar-refractivity contribution is 6.03. The SMILES string of the molecule is C=CCOC12Oc3ccc(OC(=O)NCc4ccccc4)cc3C3C(CCCCO)C(CCCCO)C=C(C(=NOCC)CC1N(CCC)C(=O)Cc1cccc(OC)c1)C32. The van der Waals surface area contributed by atoms with Crippen LogP contribution in [-0.2, 0) is 27.3 Å². The van der Waals surface area contributed by atoms with Crippen molar-refractivity contribution in [2.45, 2.75) is 95.9 Å². The predicted octanol–water partition coefficient (Wildman–Crippen LogP) is 8.12. The van der Waals surface area contributed by atoms with Gasteiger partial charge in [0.05, 0.1) is 31.8 Å². The molecule has 0 spiro atoms. The van der Waals surface area contributed by atoms with Crippen LogP contribution in [0.5, 0.6) is 17.2 Å². The number of fused-ring (bicyclic) bond motifs is 2. The van der Waals surface area contributed by atoms with Gasteiger partial charge in [0.2, 0.25) is 11.7 Å². The number of methoxy groups -OCH3 is 1. The molecule has 1 fully saturated rings. The Kier molecular flexibility index (Phi) is 16.4. The van der Waals surface area contributed by atoms with E-state index in [1.54, 1.807) is 19.3 Å². The van der Waals surface area contributed by atoms with E-state index in [-0.39, 0.29) is 49.9 Å². The number of oxime groups is 1. The van der Waals surface area contributed by atoms with Crippen LogP contribution in [0.25, 0.3) is 0 Å². The Balaban J connectivity index is 1.51. The predicted molar refractivity (Wildman–Crippen MR) is 235 cm³/mol. The van der Waals surface area contributed by atoms with Gasteiger partial charge in [-0.25, -0.2) is 4.79 Å². The molecule has 0 radical (unpaired) electrons. The standard InChI is InChI=1S/C49H63N3O9/c1-5-24-52(45(55)29-35-18-15-20-37(28-35)57-4)44-32-42(51-59-7-3)40-30-36(19-11-13-25-53)39(21-12-14-26-54)46-41-31-38(60-48(56)50-33-34-16-9-8-10-17-34)22-23-43(41)61-49(44,47(40)46)58-27-6-2/h6,8-10,15-18,20,22-23,28,30-31,36,39,44,46-47,53-54H,2,5,7,11-14,19,21,24-27,29,32-33H2,1,3-4H3,(H,50,56). The Morgan fingerprint density at radius 3 is 2.46 bits per heavy atom. The van der Waals surface area contributed by atoms with Gasteiger partial charge in [-0.3, -0.25) is 4.79 Å². The van der Waals surface area contributed by atoms with E-state index in [1.165, 1.54) is 0 Å². The van der Waals surface area contributed by atoms with Gasteiger partial charge in [0, 0.05) is 44.2 Å². The van der Waals surface area contributed by atoms with Gasteiger partial charge < -0.3 is 44.2 Å². The molecule has 12 heteroatoms. The fourth-order valence-electron chi connectivity index (χ4n) is 9.52. The minimum atomic E-state index is -1.39. The van der Waals surface area contributed by atoms with Crippen LogP contribution in [-0.4, -0.2) is 84.7 Å². The van der Waals surface area contributed by atoms with E-state index in [9.17, 15) is 19.8 Å². The average molecular weight is 838 g/mol. The van der Waals surface area contributed by atoms with Crippen LogP contribution >= 0.6 is 0 Å². The lowest BCUT2D eigenvalue weighted by atomic mass is 9.55. The number of amides is 2. The van der Waals surface area contributed by atoms with E-state index in [4.69, 9.17) is 28.9 Å². The first kappa shape index (κ1) is 45.4. The Labute approximate surface area is 360 Å². The second-order valence-electron chi connectivity index (χ2n) is 16.0. The number of aliphatic hydroxyl groups excluding tert-OH is 2. The summed E-state index contributed by atoms with van der Waals surface area (Å²) < 4.78 is 25.8. The Morgan fingerprint density at radius 1 is 0.967 bits per heavy atom. The molecule has 3 aromatic carbocycles. The first-order valence-corrected chi connectivity index (χ1v) is 21.9. The molecule has 6 atom stereocenters. The smallest absolute Gasteiger partial charge is 0.412 e. The van der Waals surface area contributed by atoms with Crippen molar-refractivity contribution in [2.75, 3.05) is 40.1 Å². The highest BCUT2D eigenvalue weighted by atomic mass is 16.7. The summed E-state index contributed by atoms with van der Waals surface area (Å²) in [5.41, 5.74) is 4.32. The first-order chi connectivity index (χ1) is 29.8. The maximum atomic E-state index is 14.8. The Hall–Kier alpha value is -5.17. The lowest BCUT2D eigenvalue weighted by Crippen LogP contribution is -2.70. The number of hydrogen-bond donors (Lipinski definition) is 3. The van der Waals surface area contributed by atoms with Crippen LogP contribution in [0.1, 0.15) is 87.8 Å². The van der Waals surface area contributed by atoms with Crippen molar-refractivity contribution in [3.8, 4) is 17.2 Å². The van der Waals surface area contributed by atoms with Crippen molar-refractivity contribution in [1.82, 2.24) is 10.2 Å². The molecule has 0 saturated heterocycles. The molecular weight excluding hydrogens is 775 g/mol. The van der Waals surface area contributed by atoms with Crippen LogP contribution in [0.4, 0.5) is 4.79 Å². The Bertz CT molecular complexity index is 1990. The number of hydrogen-bond acceptors (Lipinski definition) is 10. The monoisotopic (exact) mass is 837 g/mol. The molecular formula is C49H63N3O9. The molecule has 12 nitrogen and oxygen atoms in total. The zero-order valence-corrected chi connectivity index (χ0v) is 35.9. The molecule has 0 bridgehead atoms. The molecule has 1 aliphatic heterocycles. The third kappa shape index (κ3) is 10.7. The number of allylic oxidation sites excluding steroid dienone is 1. The molecule has 3 N–H and O–H groups in total. The van der Waals surface area contributed by atoms with Crippen molar-refractivity contribution in [1.29, 1.82) is 0 Å². The highest BCUT2D eigenvalue weighted by Crippen LogP contribution is 2.62. The number of benzene rings is 3. The summed E-state index contributed by atoms with van der Waals surface area (Å²) in [6.45, 7) is 9.42. The lowest BCUT2D eigenvalue weighted by molar-refractivity contribution is -0.257. The molecule has 3 aliphatic rings. The maximum Gasteiger partial charge on any atom is 0.412 e. The second-order valence-corrected chi connectivity index (χ2v) is 16.0. The lowest BCUT2D eigenvalue weighted by Gasteiger charge is -2.60. The summed E-state index contributed by atoms with van der Waals surface area (Å²) in [5.74, 6) is -0.495. The zero-order valence-electron chi connectivity index (χ0n) is 35.9. The fraction of sp³-hybridized carbons (Fsp3) is 0.490. The van der Waals surface area contributed by atoms with Crippen molar-refractivity contribution in [3.05, 3.63) is 114 Å². The van der Waals surface area contributed by atoms with Gasteiger partial charge in [0.25, 0.3) is 0 Å². The van der Waals surface area contributed by atoms with Gasteiger partial charge in [-0.05, 0) is 97.9 Å². The van der Waals surface area contributed by atoms with Gasteiger partial charge >= 0.3 is 6.09 Å². The summed E-state index contributed by atoms with van der Waals surface area (Å²) in [6, 6.07) is 22.1. The number of aliphatic hydroxyl groups is 2. The van der Waals surface area contributed by atoms with Crippen LogP contribution in [0.2, 0.25) is 0 Å². The van der Waals surface area contributed by atoms with Crippen molar-refractivity contribution < 1.29 is 43.6 Å². The number of carbonyl (C=O) groups is 2. The van der Waals surface area contributed by atoms with E-state index < -0.39 is 23.8 Å². The van der Waals surface area contributed by atoms with Gasteiger partial charge in [0.15, 0.2) is 0 Å². The molecule has 61 heavy (non-hydrogen) atoms. The normalized spacial score (nSPS) is 23.1. The van der Waals surface area contributed by atoms with Crippen LogP contribution < -0.4 is 19.5 Å². The number of nitrogens with one attached hydrogen (secondary N) is 1. The first-order valence-electron chi connectivity index (χ1n) is 21.9. The average Bonchev–Trinajstić information content (AvgIpc) is 3.27. The molecule has 1 saturated carbocycles. The molecule has 3 aromatic rings. The summed E-state index contributed by atoms with van der Waals surface area (Å²) in [5, 5.41) is 27.5. The molecule has 2 aliphatic carbocycles. The van der Waals surface area contributed by atoms with Crippen LogP contribution in [0.3, 0.4) is 0 Å². The quantitative estimate of drug-likeness (QED) is 0.0519. The number of unbranched alkanes of at least 4 members (excludes halogenated alkanes) is 2. The third-order valence-corrected chi connectivity index (χ3v) is 12.1. The van der Waals surface area contributed by atoms with Crippen LogP contribution in [0, 0.1) is 17.8 Å². The number of nitrogens with zero attached hydrogens (tertiary/aromatic N) is 2. The number of carbonyl (C=O) groups excluding carboxylic acids is 2. The van der Waals surface area contributed by atoms with E-state index in [2.05, 4.69) is 24.9 Å². The minimum Gasteiger partial charge on any atom is -0.497 e. The number of ether oxygens (including phenoxy) is 4. The van der Waals surface area contributed by atoms with Crippen molar-refractivity contribution >= 4 is 17.7 Å². The highest BCUT2D eigenvalue weighted by Gasteiger charge is 2.65. The van der Waals surface area contributed by atoms with Gasteiger partial charge in [-0.2, -0.15) is 0 Å². The zero-order chi connectivity index (χ0) is 43.2. The summed E-state index contributed by atoms with van der Waals surface area (Å²) in [6.07, 6.45) is 9.09. The van der Waals surface area contributed by atoms with Gasteiger partial charge in [0.1, 0.15) is 29.9 Å². The second kappa shape index (κ2) is 22.1. The molecule has 1 heterocycles. The molecule has 6 rings (SSSR count). The van der Waals surface area contributed by atoms with Gasteiger partial charge in [-0.15, -0.1) is 6.58 Å². The molecule has 6 unspecified atom stereocenters. The van der Waals surface area contributed by atoms with Gasteiger partial charge in [-0.1, -0.05) is 79.5 Å². The fourth-order valence-corrected chi connectivity index (χ4v) is 9.52.